The van der Waals surface area contributed by atoms with E-state index in [0.717, 1.165) is 5.56 Å². The quantitative estimate of drug-likeness (QED) is 0.760. The number of carbonyl (C=O) groups excluding carboxylic acids is 2. The number of hydrogen-bond acceptors (Lipinski definition) is 3. The molecule has 5 heteroatoms. The normalized spacial score (nSPS) is 11.0. The van der Waals surface area contributed by atoms with E-state index in [4.69, 9.17) is 0 Å². The van der Waals surface area contributed by atoms with Crippen LogP contribution in [0.5, 0.6) is 0 Å². The van der Waals surface area contributed by atoms with Gasteiger partial charge in [-0.1, -0.05) is 18.2 Å². The largest absolute Gasteiger partial charge is 0.359 e. The predicted molar refractivity (Wildman–Crippen MR) is 80.6 cm³/mol. The second kappa shape index (κ2) is 7.05. The molecule has 0 aliphatic heterocycles. The lowest BCUT2D eigenvalue weighted by Gasteiger charge is -2.20. The minimum absolute atomic E-state index is 0.0838. The van der Waals surface area contributed by atoms with Crippen LogP contribution in [0.3, 0.4) is 0 Å². The van der Waals surface area contributed by atoms with Crippen molar-refractivity contribution in [2.24, 2.45) is 0 Å². The highest BCUT2D eigenvalue weighted by atomic mass is 16.2. The lowest BCUT2D eigenvalue weighted by molar-refractivity contribution is -0.120. The molecule has 0 fully saturated rings. The van der Waals surface area contributed by atoms with Crippen molar-refractivity contribution in [1.82, 2.24) is 10.6 Å². The lowest BCUT2D eigenvalue weighted by atomic mass is 10.1. The van der Waals surface area contributed by atoms with Crippen molar-refractivity contribution in [3.05, 3.63) is 29.8 Å². The average molecular weight is 277 g/mol. The van der Waals surface area contributed by atoms with Gasteiger partial charge in [0.1, 0.15) is 0 Å². The average Bonchev–Trinajstić information content (AvgIpc) is 2.38. The maximum Gasteiger partial charge on any atom is 0.238 e. The van der Waals surface area contributed by atoms with Gasteiger partial charge < -0.3 is 16.0 Å². The van der Waals surface area contributed by atoms with Crippen LogP contribution in [0.25, 0.3) is 0 Å². The lowest BCUT2D eigenvalue weighted by Crippen LogP contribution is -2.41. The molecule has 0 radical (unpaired) electrons. The van der Waals surface area contributed by atoms with Gasteiger partial charge in [-0.3, -0.25) is 9.59 Å². The molecule has 0 saturated carbocycles. The molecule has 0 aromatic heterocycles. The zero-order valence-corrected chi connectivity index (χ0v) is 12.5. The van der Waals surface area contributed by atoms with Gasteiger partial charge in [0.2, 0.25) is 11.8 Å². The summed E-state index contributed by atoms with van der Waals surface area (Å²) in [6.07, 6.45) is 0.250. The van der Waals surface area contributed by atoms with E-state index in [9.17, 15) is 9.59 Å². The third kappa shape index (κ3) is 5.84. The third-order valence-electron chi connectivity index (χ3n) is 2.70. The number of likely N-dealkylation sites (N-methyl/N-ethyl adjacent to an activating group) is 1. The summed E-state index contributed by atoms with van der Waals surface area (Å²) >= 11 is 0. The second-order valence-corrected chi connectivity index (χ2v) is 5.66. The molecule has 0 unspecified atom stereocenters. The number of carbonyl (C=O) groups is 2. The Hall–Kier alpha value is -1.88. The summed E-state index contributed by atoms with van der Waals surface area (Å²) in [6, 6.07) is 7.32. The Kier molecular flexibility index (Phi) is 5.70. The molecule has 0 heterocycles. The SMILES string of the molecule is CNC(=O)Cc1ccccc1NC(=O)CNC(C)(C)C. The van der Waals surface area contributed by atoms with Gasteiger partial charge in [0.15, 0.2) is 0 Å². The molecule has 110 valence electrons. The zero-order valence-electron chi connectivity index (χ0n) is 12.5. The van der Waals surface area contributed by atoms with Gasteiger partial charge >= 0.3 is 0 Å². The van der Waals surface area contributed by atoms with E-state index in [0.29, 0.717) is 5.69 Å². The maximum absolute atomic E-state index is 11.9. The van der Waals surface area contributed by atoms with Gasteiger partial charge in [-0.05, 0) is 32.4 Å². The molecule has 0 saturated heterocycles. The predicted octanol–water partition coefficient (Wildman–Crippen LogP) is 1.30. The van der Waals surface area contributed by atoms with Crippen LogP contribution in [0.1, 0.15) is 26.3 Å². The monoisotopic (exact) mass is 277 g/mol. The highest BCUT2D eigenvalue weighted by Gasteiger charge is 2.13. The number of nitrogens with one attached hydrogen (secondary N) is 3. The fourth-order valence-electron chi connectivity index (χ4n) is 1.60. The van der Waals surface area contributed by atoms with Gasteiger partial charge in [-0.2, -0.15) is 0 Å². The number of rotatable bonds is 5. The molecule has 5 nitrogen and oxygen atoms in total. The highest BCUT2D eigenvalue weighted by Crippen LogP contribution is 2.15. The first-order valence-corrected chi connectivity index (χ1v) is 6.65. The Morgan fingerprint density at radius 2 is 1.75 bits per heavy atom. The summed E-state index contributed by atoms with van der Waals surface area (Å²) < 4.78 is 0. The third-order valence-corrected chi connectivity index (χ3v) is 2.70. The summed E-state index contributed by atoms with van der Waals surface area (Å²) in [5.74, 6) is -0.205. The molecule has 3 N–H and O–H groups in total. The topological polar surface area (TPSA) is 70.2 Å². The van der Waals surface area contributed by atoms with Crippen LogP contribution in [0.2, 0.25) is 0 Å². The molecule has 0 spiro atoms. The van der Waals surface area contributed by atoms with Gasteiger partial charge in [0.05, 0.1) is 13.0 Å². The summed E-state index contributed by atoms with van der Waals surface area (Å²) in [6.45, 7) is 6.23. The summed E-state index contributed by atoms with van der Waals surface area (Å²) in [5.41, 5.74) is 1.37. The Bertz CT molecular complexity index is 478. The fourth-order valence-corrected chi connectivity index (χ4v) is 1.60. The summed E-state index contributed by atoms with van der Waals surface area (Å²) in [4.78, 5) is 23.3. The van der Waals surface area contributed by atoms with Crippen molar-refractivity contribution in [2.45, 2.75) is 32.7 Å². The van der Waals surface area contributed by atoms with Gasteiger partial charge in [0, 0.05) is 18.3 Å². The molecule has 1 aromatic rings. The molecule has 0 atom stereocenters. The van der Waals surface area contributed by atoms with Gasteiger partial charge in [0.25, 0.3) is 0 Å². The molecule has 0 aliphatic carbocycles. The number of hydrogen-bond donors (Lipinski definition) is 3. The van der Waals surface area contributed by atoms with Crippen LogP contribution in [0.15, 0.2) is 24.3 Å². The molecule has 1 aromatic carbocycles. The molecule has 1 rings (SSSR count). The van der Waals surface area contributed by atoms with Crippen molar-refractivity contribution < 1.29 is 9.59 Å². The van der Waals surface area contributed by atoms with Crippen molar-refractivity contribution in [1.29, 1.82) is 0 Å². The molecule has 0 bridgehead atoms. The first-order valence-electron chi connectivity index (χ1n) is 6.65. The molecule has 0 aliphatic rings. The maximum atomic E-state index is 11.9. The van der Waals surface area contributed by atoms with Crippen LogP contribution < -0.4 is 16.0 Å². The van der Waals surface area contributed by atoms with Crippen molar-refractivity contribution in [3.8, 4) is 0 Å². The molecular weight excluding hydrogens is 254 g/mol. The van der Waals surface area contributed by atoms with E-state index in [-0.39, 0.29) is 30.3 Å². The minimum Gasteiger partial charge on any atom is -0.359 e. The summed E-state index contributed by atoms with van der Waals surface area (Å²) in [5, 5.41) is 8.53. The van der Waals surface area contributed by atoms with E-state index in [1.165, 1.54) is 0 Å². The van der Waals surface area contributed by atoms with Gasteiger partial charge in [-0.25, -0.2) is 0 Å². The number of para-hydroxylation sites is 1. The molecule has 2 amide bonds. The second-order valence-electron chi connectivity index (χ2n) is 5.66. The smallest absolute Gasteiger partial charge is 0.238 e. The number of benzene rings is 1. The van der Waals surface area contributed by atoms with Crippen LogP contribution >= 0.6 is 0 Å². The molecule has 20 heavy (non-hydrogen) atoms. The number of amides is 2. The van der Waals surface area contributed by atoms with E-state index in [2.05, 4.69) is 16.0 Å². The first-order chi connectivity index (χ1) is 9.31. The van der Waals surface area contributed by atoms with Crippen molar-refractivity contribution in [3.63, 3.8) is 0 Å². The van der Waals surface area contributed by atoms with E-state index in [1.54, 1.807) is 13.1 Å². The Balaban J connectivity index is 2.67. The fraction of sp³-hybridized carbons (Fsp3) is 0.467. The standard InChI is InChI=1S/C15H23N3O2/c1-15(2,3)17-10-14(20)18-12-8-6-5-7-11(12)9-13(19)16-4/h5-8,17H,9-10H2,1-4H3,(H,16,19)(H,18,20). The Morgan fingerprint density at radius 3 is 2.35 bits per heavy atom. The van der Waals surface area contributed by atoms with Crippen LogP contribution in [-0.4, -0.2) is 30.9 Å². The van der Waals surface area contributed by atoms with Crippen LogP contribution in [0, 0.1) is 0 Å². The zero-order chi connectivity index (χ0) is 15.2. The highest BCUT2D eigenvalue weighted by molar-refractivity contribution is 5.94. The molecular formula is C15H23N3O2. The Labute approximate surface area is 120 Å². The van der Waals surface area contributed by atoms with Crippen molar-refractivity contribution in [2.75, 3.05) is 18.9 Å². The first kappa shape index (κ1) is 16.2. The number of anilines is 1. The van der Waals surface area contributed by atoms with E-state index >= 15 is 0 Å². The van der Waals surface area contributed by atoms with E-state index < -0.39 is 0 Å². The summed E-state index contributed by atoms with van der Waals surface area (Å²) in [7, 11) is 1.59. The van der Waals surface area contributed by atoms with Crippen LogP contribution in [-0.2, 0) is 16.0 Å². The van der Waals surface area contributed by atoms with Crippen LogP contribution in [0.4, 0.5) is 5.69 Å². The minimum atomic E-state index is -0.121. The van der Waals surface area contributed by atoms with E-state index in [1.807, 2.05) is 39.0 Å². The van der Waals surface area contributed by atoms with Crippen molar-refractivity contribution >= 4 is 17.5 Å². The Morgan fingerprint density at radius 1 is 1.10 bits per heavy atom. The van der Waals surface area contributed by atoms with Gasteiger partial charge in [-0.15, -0.1) is 0 Å².